The summed E-state index contributed by atoms with van der Waals surface area (Å²) in [4.78, 5) is 21.4. The minimum atomic E-state index is -0.542. The van der Waals surface area contributed by atoms with Crippen LogP contribution in [-0.2, 0) is 4.74 Å². The molecule has 0 saturated carbocycles. The predicted molar refractivity (Wildman–Crippen MR) is 87.1 cm³/mol. The number of benzene rings is 1. The van der Waals surface area contributed by atoms with E-state index in [9.17, 15) is 14.9 Å². The highest BCUT2D eigenvalue weighted by Crippen LogP contribution is 2.22. The zero-order valence-corrected chi connectivity index (χ0v) is 13.9. The molecule has 1 N–H and O–H groups in total. The Morgan fingerprint density at radius 3 is 2.39 bits per heavy atom. The number of methoxy groups -OCH3 is 1. The number of nitrogens with one attached hydrogen (secondary N) is 1. The lowest BCUT2D eigenvalue weighted by molar-refractivity contribution is -0.384. The van der Waals surface area contributed by atoms with Crippen molar-refractivity contribution in [3.05, 3.63) is 46.1 Å². The van der Waals surface area contributed by atoms with E-state index >= 15 is 0 Å². The molecule has 0 fully saturated rings. The summed E-state index contributed by atoms with van der Waals surface area (Å²) in [6.45, 7) is 8.75. The molecule has 0 radical (unpaired) electrons. The maximum Gasteiger partial charge on any atom is 0.356 e. The van der Waals surface area contributed by atoms with Crippen LogP contribution < -0.4 is 0 Å². The number of aromatic nitrogens is 2. The quantitative estimate of drug-likeness (QED) is 0.527. The van der Waals surface area contributed by atoms with Crippen LogP contribution in [0.1, 0.15) is 38.2 Å². The van der Waals surface area contributed by atoms with Gasteiger partial charge in [-0.2, -0.15) is 5.10 Å². The molecule has 2 aromatic rings. The summed E-state index contributed by atoms with van der Waals surface area (Å²) >= 11 is 0. The van der Waals surface area contributed by atoms with E-state index in [2.05, 4.69) is 42.6 Å². The fourth-order valence-corrected chi connectivity index (χ4v) is 1.46. The Morgan fingerprint density at radius 2 is 1.87 bits per heavy atom. The van der Waals surface area contributed by atoms with Crippen LogP contribution in [0, 0.1) is 15.5 Å². The van der Waals surface area contributed by atoms with Gasteiger partial charge in [0, 0.05) is 17.7 Å². The van der Waals surface area contributed by atoms with E-state index in [1.165, 1.54) is 25.3 Å². The van der Waals surface area contributed by atoms with Gasteiger partial charge >= 0.3 is 5.97 Å². The van der Waals surface area contributed by atoms with Crippen LogP contribution in [0.15, 0.2) is 30.3 Å². The van der Waals surface area contributed by atoms with Gasteiger partial charge in [-0.25, -0.2) is 4.79 Å². The molecule has 0 aliphatic carbocycles. The first-order valence-electron chi connectivity index (χ1n) is 7.00. The average molecular weight is 319 g/mol. The number of non-ortho nitro benzene ring substituents is 1. The van der Waals surface area contributed by atoms with Crippen molar-refractivity contribution >= 4 is 11.7 Å². The Kier molecular flexibility index (Phi) is 6.01. The van der Waals surface area contributed by atoms with Gasteiger partial charge < -0.3 is 4.74 Å². The van der Waals surface area contributed by atoms with Gasteiger partial charge in [-0.3, -0.25) is 15.2 Å². The van der Waals surface area contributed by atoms with Crippen molar-refractivity contribution in [3.8, 4) is 11.3 Å². The number of carbonyl (C=O) groups excluding carboxylic acids is 1. The third-order valence-corrected chi connectivity index (χ3v) is 2.34. The Bertz CT molecular complexity index is 681. The van der Waals surface area contributed by atoms with E-state index in [1.54, 1.807) is 12.1 Å². The van der Waals surface area contributed by atoms with Crippen molar-refractivity contribution < 1.29 is 14.5 Å². The number of H-pyrrole nitrogens is 1. The lowest BCUT2D eigenvalue weighted by Crippen LogP contribution is -2.00. The number of ether oxygens (including phenoxy) is 1. The molecule has 0 amide bonds. The van der Waals surface area contributed by atoms with E-state index in [0.29, 0.717) is 16.7 Å². The molecule has 124 valence electrons. The zero-order valence-electron chi connectivity index (χ0n) is 13.9. The van der Waals surface area contributed by atoms with E-state index in [0.717, 1.165) is 0 Å². The van der Waals surface area contributed by atoms with Crippen molar-refractivity contribution in [2.45, 2.75) is 27.7 Å². The molecular formula is C16H21N3O4. The maximum atomic E-state index is 11.2. The van der Waals surface area contributed by atoms with Crippen molar-refractivity contribution in [2.75, 3.05) is 7.11 Å². The minimum Gasteiger partial charge on any atom is -0.464 e. The van der Waals surface area contributed by atoms with Crippen molar-refractivity contribution in [1.29, 1.82) is 0 Å². The number of carbonyl (C=O) groups is 1. The van der Waals surface area contributed by atoms with Crippen LogP contribution in [0.5, 0.6) is 0 Å². The van der Waals surface area contributed by atoms with Gasteiger partial charge in [0.05, 0.1) is 17.7 Å². The normalized spacial score (nSPS) is 10.5. The molecule has 1 heterocycles. The largest absolute Gasteiger partial charge is 0.464 e. The number of hydrogen-bond acceptors (Lipinski definition) is 5. The molecular weight excluding hydrogens is 298 g/mol. The summed E-state index contributed by atoms with van der Waals surface area (Å²) in [6, 6.07) is 7.48. The fraction of sp³-hybridized carbons (Fsp3) is 0.375. The molecule has 23 heavy (non-hydrogen) atoms. The summed E-state index contributed by atoms with van der Waals surface area (Å²) in [7, 11) is 1.26. The summed E-state index contributed by atoms with van der Waals surface area (Å²) in [6.07, 6.45) is 0. The van der Waals surface area contributed by atoms with Gasteiger partial charge in [-0.1, -0.05) is 39.8 Å². The number of hydrogen-bond donors (Lipinski definition) is 1. The van der Waals surface area contributed by atoms with E-state index < -0.39 is 10.9 Å². The first-order chi connectivity index (χ1) is 10.6. The van der Waals surface area contributed by atoms with Gasteiger partial charge in [0.25, 0.3) is 5.69 Å². The van der Waals surface area contributed by atoms with Crippen LogP contribution in [-0.4, -0.2) is 28.2 Å². The molecule has 0 aliphatic rings. The molecule has 0 aliphatic heterocycles. The third-order valence-electron chi connectivity index (χ3n) is 2.34. The molecule has 7 heteroatoms. The lowest BCUT2D eigenvalue weighted by atomic mass is 10.0. The molecule has 0 unspecified atom stereocenters. The van der Waals surface area contributed by atoms with Crippen LogP contribution >= 0.6 is 0 Å². The number of nitro benzene ring substituents is 1. The summed E-state index contributed by atoms with van der Waals surface area (Å²) in [5, 5.41) is 17.1. The second-order valence-electron chi connectivity index (χ2n) is 6.47. The molecule has 1 aromatic heterocycles. The number of aromatic amines is 1. The number of rotatable bonds is 3. The second kappa shape index (κ2) is 7.53. The number of esters is 1. The van der Waals surface area contributed by atoms with Gasteiger partial charge in [0.1, 0.15) is 5.69 Å². The highest BCUT2D eigenvalue weighted by Gasteiger charge is 2.13. The Balaban J connectivity index is 0.000000463. The van der Waals surface area contributed by atoms with E-state index in [-0.39, 0.29) is 11.4 Å². The highest BCUT2D eigenvalue weighted by molar-refractivity contribution is 5.88. The van der Waals surface area contributed by atoms with Crippen LogP contribution in [0.3, 0.4) is 0 Å². The van der Waals surface area contributed by atoms with Crippen LogP contribution in [0.25, 0.3) is 11.3 Å². The fourth-order valence-electron chi connectivity index (χ4n) is 1.46. The van der Waals surface area contributed by atoms with Gasteiger partial charge in [-0.05, 0) is 11.5 Å². The molecule has 0 atom stereocenters. The molecule has 2 rings (SSSR count). The first kappa shape index (κ1) is 18.3. The second-order valence-corrected chi connectivity index (χ2v) is 6.47. The molecule has 1 aromatic carbocycles. The average Bonchev–Trinajstić information content (AvgIpc) is 2.94. The first-order valence-corrected chi connectivity index (χ1v) is 7.00. The summed E-state index contributed by atoms with van der Waals surface area (Å²) < 4.78 is 4.53. The van der Waals surface area contributed by atoms with E-state index in [4.69, 9.17) is 0 Å². The van der Waals surface area contributed by atoms with Crippen LogP contribution in [0.2, 0.25) is 0 Å². The van der Waals surface area contributed by atoms with Gasteiger partial charge in [-0.15, -0.1) is 0 Å². The van der Waals surface area contributed by atoms with Gasteiger partial charge in [0.2, 0.25) is 0 Å². The van der Waals surface area contributed by atoms with E-state index in [1.807, 2.05) is 0 Å². The number of nitro groups is 1. The predicted octanol–water partition coefficient (Wildman–Crippen LogP) is 3.82. The monoisotopic (exact) mass is 319 g/mol. The summed E-state index contributed by atoms with van der Waals surface area (Å²) in [5.41, 5.74) is 1.66. The molecule has 7 nitrogen and oxygen atoms in total. The van der Waals surface area contributed by atoms with Crippen molar-refractivity contribution in [1.82, 2.24) is 10.2 Å². The third kappa shape index (κ3) is 6.29. The Hall–Kier alpha value is -2.70. The van der Waals surface area contributed by atoms with Gasteiger partial charge in [0.15, 0.2) is 0 Å². The summed E-state index contributed by atoms with van der Waals surface area (Å²) in [5.74, 6) is -0.542. The standard InChI is InChI=1S/C11H9N3O4.C5H12/c1-18-11(15)10-6-9(12-13-10)7-3-2-4-8(5-7)14(16)17;1-5(2,3)4/h2-6H,1H3,(H,12,13);1-4H3. The van der Waals surface area contributed by atoms with Crippen molar-refractivity contribution in [2.24, 2.45) is 5.41 Å². The smallest absolute Gasteiger partial charge is 0.356 e. The lowest BCUT2D eigenvalue weighted by Gasteiger charge is -2.05. The minimum absolute atomic E-state index is 0.0323. The molecule has 0 saturated heterocycles. The SMILES string of the molecule is CC(C)(C)C.COC(=O)c1cc(-c2cccc([N+](=O)[O-])c2)n[nH]1. The highest BCUT2D eigenvalue weighted by atomic mass is 16.6. The molecule has 0 spiro atoms. The number of nitrogens with zero attached hydrogens (tertiary/aromatic N) is 2. The Labute approximate surface area is 134 Å². The van der Waals surface area contributed by atoms with Crippen LogP contribution in [0.4, 0.5) is 5.69 Å². The zero-order chi connectivity index (χ0) is 17.6. The molecule has 0 bridgehead atoms. The Morgan fingerprint density at radius 1 is 1.26 bits per heavy atom. The van der Waals surface area contributed by atoms with Crippen molar-refractivity contribution in [3.63, 3.8) is 0 Å². The maximum absolute atomic E-state index is 11.2. The topological polar surface area (TPSA) is 98.1 Å².